The van der Waals surface area contributed by atoms with E-state index in [2.05, 4.69) is 29.7 Å². The molecule has 1 aliphatic heterocycles. The minimum Gasteiger partial charge on any atom is -0.325 e. The monoisotopic (exact) mass is 254 g/mol. The zero-order valence-corrected chi connectivity index (χ0v) is 10.8. The lowest BCUT2D eigenvalue weighted by Crippen LogP contribution is -2.35. The normalized spacial score (nSPS) is 18.5. The molecule has 1 atom stereocenters. The summed E-state index contributed by atoms with van der Waals surface area (Å²) in [5, 5.41) is 6.12. The smallest absolute Gasteiger partial charge is 0.241 e. The zero-order valence-electron chi connectivity index (χ0n) is 10.0. The van der Waals surface area contributed by atoms with Gasteiger partial charge in [-0.2, -0.15) is 0 Å². The molecule has 1 amide bonds. The largest absolute Gasteiger partial charge is 0.325 e. The summed E-state index contributed by atoms with van der Waals surface area (Å²) in [5.41, 5.74) is 2.17. The van der Waals surface area contributed by atoms with Gasteiger partial charge in [0.05, 0.1) is 6.04 Å². The topological polar surface area (TPSA) is 41.1 Å². The van der Waals surface area contributed by atoms with E-state index in [1.54, 1.807) is 0 Å². The number of hydrogen-bond acceptors (Lipinski definition) is 2. The predicted octanol–water partition coefficient (Wildman–Crippen LogP) is 2.36. The van der Waals surface area contributed by atoms with Gasteiger partial charge < -0.3 is 10.6 Å². The lowest BCUT2D eigenvalue weighted by atomic mass is 10.1. The Morgan fingerprint density at radius 3 is 2.65 bits per heavy atom. The maximum atomic E-state index is 11.8. The number of aryl methyl sites for hydroxylation is 1. The molecular formula is C13H19ClN2O. The van der Waals surface area contributed by atoms with Crippen LogP contribution in [0.4, 0.5) is 5.69 Å². The highest BCUT2D eigenvalue weighted by Crippen LogP contribution is 2.12. The second-order valence-electron chi connectivity index (χ2n) is 4.19. The van der Waals surface area contributed by atoms with E-state index < -0.39 is 0 Å². The summed E-state index contributed by atoms with van der Waals surface area (Å²) in [6.07, 6.45) is 3.06. The van der Waals surface area contributed by atoms with Gasteiger partial charge in [0, 0.05) is 5.69 Å². The number of carbonyl (C=O) groups is 1. The number of anilines is 1. The summed E-state index contributed by atoms with van der Waals surface area (Å²) in [6.45, 7) is 3.07. The molecule has 0 bridgehead atoms. The van der Waals surface area contributed by atoms with Gasteiger partial charge in [0.25, 0.3) is 0 Å². The fourth-order valence-corrected chi connectivity index (χ4v) is 1.96. The van der Waals surface area contributed by atoms with Crippen molar-refractivity contribution in [3.63, 3.8) is 0 Å². The van der Waals surface area contributed by atoms with Crippen LogP contribution in [0.15, 0.2) is 24.3 Å². The van der Waals surface area contributed by atoms with Crippen LogP contribution in [0.5, 0.6) is 0 Å². The molecule has 0 aliphatic carbocycles. The lowest BCUT2D eigenvalue weighted by molar-refractivity contribution is -0.117. The van der Waals surface area contributed by atoms with Crippen molar-refractivity contribution in [1.29, 1.82) is 0 Å². The Morgan fingerprint density at radius 1 is 1.41 bits per heavy atom. The first-order chi connectivity index (χ1) is 7.79. The van der Waals surface area contributed by atoms with Gasteiger partial charge >= 0.3 is 0 Å². The number of nitrogens with one attached hydrogen (secondary N) is 2. The van der Waals surface area contributed by atoms with Crippen LogP contribution in [0.25, 0.3) is 0 Å². The Bertz CT molecular complexity index is 358. The van der Waals surface area contributed by atoms with Crippen molar-refractivity contribution in [2.75, 3.05) is 11.9 Å². The van der Waals surface area contributed by atoms with E-state index in [1.165, 1.54) is 5.56 Å². The van der Waals surface area contributed by atoms with E-state index in [0.29, 0.717) is 0 Å². The van der Waals surface area contributed by atoms with Gasteiger partial charge in [-0.05, 0) is 43.5 Å². The van der Waals surface area contributed by atoms with Crippen molar-refractivity contribution in [2.45, 2.75) is 32.2 Å². The number of carbonyl (C=O) groups excluding carboxylic acids is 1. The molecule has 0 aromatic heterocycles. The van der Waals surface area contributed by atoms with Crippen molar-refractivity contribution in [3.05, 3.63) is 29.8 Å². The average molecular weight is 255 g/mol. The fraction of sp³-hybridized carbons (Fsp3) is 0.462. The molecule has 0 unspecified atom stereocenters. The van der Waals surface area contributed by atoms with E-state index >= 15 is 0 Å². The van der Waals surface area contributed by atoms with Crippen LogP contribution < -0.4 is 10.6 Å². The maximum Gasteiger partial charge on any atom is 0.241 e. The molecule has 94 valence electrons. The lowest BCUT2D eigenvalue weighted by Gasteiger charge is -2.11. The van der Waals surface area contributed by atoms with Crippen LogP contribution in [0, 0.1) is 0 Å². The van der Waals surface area contributed by atoms with Gasteiger partial charge in [-0.3, -0.25) is 4.79 Å². The Morgan fingerprint density at radius 2 is 2.12 bits per heavy atom. The summed E-state index contributed by atoms with van der Waals surface area (Å²) in [6, 6.07) is 8.03. The molecule has 2 rings (SSSR count). The van der Waals surface area contributed by atoms with Crippen LogP contribution >= 0.6 is 12.4 Å². The van der Waals surface area contributed by atoms with E-state index in [0.717, 1.165) is 31.5 Å². The first-order valence-electron chi connectivity index (χ1n) is 5.93. The summed E-state index contributed by atoms with van der Waals surface area (Å²) in [4.78, 5) is 11.8. The van der Waals surface area contributed by atoms with E-state index in [-0.39, 0.29) is 24.4 Å². The molecule has 1 aliphatic rings. The zero-order chi connectivity index (χ0) is 11.4. The van der Waals surface area contributed by atoms with Crippen molar-refractivity contribution >= 4 is 24.0 Å². The number of rotatable bonds is 3. The molecule has 1 aromatic rings. The van der Waals surface area contributed by atoms with Crippen LogP contribution in [-0.4, -0.2) is 18.5 Å². The highest BCUT2D eigenvalue weighted by molar-refractivity contribution is 5.95. The molecule has 2 N–H and O–H groups in total. The highest BCUT2D eigenvalue weighted by atomic mass is 35.5. The maximum absolute atomic E-state index is 11.8. The summed E-state index contributed by atoms with van der Waals surface area (Å²) in [5.74, 6) is 0.0850. The van der Waals surface area contributed by atoms with Crippen molar-refractivity contribution in [2.24, 2.45) is 0 Å². The molecule has 1 heterocycles. The molecule has 4 heteroatoms. The second kappa shape index (κ2) is 6.62. The molecule has 1 aromatic carbocycles. The molecule has 1 fully saturated rings. The molecule has 0 radical (unpaired) electrons. The fourth-order valence-electron chi connectivity index (χ4n) is 1.96. The van der Waals surface area contributed by atoms with Crippen molar-refractivity contribution in [3.8, 4) is 0 Å². The summed E-state index contributed by atoms with van der Waals surface area (Å²) in [7, 11) is 0. The molecule has 1 saturated heterocycles. The second-order valence-corrected chi connectivity index (χ2v) is 4.19. The van der Waals surface area contributed by atoms with Gasteiger partial charge in [-0.25, -0.2) is 0 Å². The molecule has 17 heavy (non-hydrogen) atoms. The SMILES string of the molecule is CCc1ccc(NC(=O)[C@@H]2CCCN2)cc1.Cl. The quantitative estimate of drug-likeness (QED) is 0.870. The van der Waals surface area contributed by atoms with E-state index in [4.69, 9.17) is 0 Å². The third kappa shape index (κ3) is 3.72. The third-order valence-corrected chi connectivity index (χ3v) is 3.01. The van der Waals surface area contributed by atoms with Crippen molar-refractivity contribution in [1.82, 2.24) is 5.32 Å². The Hall–Kier alpha value is -1.06. The van der Waals surface area contributed by atoms with Gasteiger partial charge in [0.15, 0.2) is 0 Å². The average Bonchev–Trinajstić information content (AvgIpc) is 2.83. The van der Waals surface area contributed by atoms with Crippen LogP contribution in [0.1, 0.15) is 25.3 Å². The van der Waals surface area contributed by atoms with E-state index in [9.17, 15) is 4.79 Å². The Balaban J connectivity index is 0.00000144. The van der Waals surface area contributed by atoms with Crippen LogP contribution in [0.2, 0.25) is 0 Å². The predicted molar refractivity (Wildman–Crippen MR) is 72.7 cm³/mol. The molecule has 0 spiro atoms. The number of halogens is 1. The summed E-state index contributed by atoms with van der Waals surface area (Å²) >= 11 is 0. The standard InChI is InChI=1S/C13H18N2O.ClH/c1-2-10-5-7-11(8-6-10)15-13(16)12-4-3-9-14-12;/h5-8,12,14H,2-4,9H2,1H3,(H,15,16);1H/t12-;/m0./s1. The highest BCUT2D eigenvalue weighted by Gasteiger charge is 2.21. The molecule has 0 saturated carbocycles. The number of amides is 1. The van der Waals surface area contributed by atoms with E-state index in [1.807, 2.05) is 12.1 Å². The number of hydrogen-bond donors (Lipinski definition) is 2. The molecule has 3 nitrogen and oxygen atoms in total. The Labute approximate surface area is 108 Å². The first-order valence-corrected chi connectivity index (χ1v) is 5.93. The minimum atomic E-state index is -0.00847. The minimum absolute atomic E-state index is 0. The van der Waals surface area contributed by atoms with Crippen LogP contribution in [0.3, 0.4) is 0 Å². The third-order valence-electron chi connectivity index (χ3n) is 3.01. The van der Waals surface area contributed by atoms with Crippen molar-refractivity contribution < 1.29 is 4.79 Å². The van der Waals surface area contributed by atoms with Gasteiger partial charge in [0.1, 0.15) is 0 Å². The molecular weight excluding hydrogens is 236 g/mol. The van der Waals surface area contributed by atoms with Gasteiger partial charge in [0.2, 0.25) is 5.91 Å². The van der Waals surface area contributed by atoms with Gasteiger partial charge in [-0.1, -0.05) is 19.1 Å². The Kier molecular flexibility index (Phi) is 5.45. The first kappa shape index (κ1) is 14.0. The summed E-state index contributed by atoms with van der Waals surface area (Å²) < 4.78 is 0. The number of benzene rings is 1. The van der Waals surface area contributed by atoms with Crippen LogP contribution in [-0.2, 0) is 11.2 Å². The van der Waals surface area contributed by atoms with Gasteiger partial charge in [-0.15, -0.1) is 12.4 Å².